The molecule has 0 aliphatic heterocycles. The average Bonchev–Trinajstić information content (AvgIpc) is 2.09. The number of hydrogen-bond acceptors (Lipinski definition) is 3. The molecule has 3 N–H and O–H groups in total. The zero-order valence-electron chi connectivity index (χ0n) is 9.86. The third-order valence-corrected chi connectivity index (χ3v) is 3.10. The van der Waals surface area contributed by atoms with E-state index in [1.54, 1.807) is 0 Å². The van der Waals surface area contributed by atoms with Gasteiger partial charge in [0.05, 0.1) is 0 Å². The molecule has 6 heteroatoms. The molecule has 92 valence electrons. The van der Waals surface area contributed by atoms with Crippen LogP contribution in [0.2, 0.25) is 0 Å². The second-order valence-electron chi connectivity index (χ2n) is 3.73. The van der Waals surface area contributed by atoms with E-state index in [2.05, 4.69) is 23.5 Å². The van der Waals surface area contributed by atoms with Crippen molar-refractivity contribution in [1.82, 2.24) is 9.62 Å². The number of rotatable bonds is 8. The van der Waals surface area contributed by atoms with Crippen molar-refractivity contribution in [2.24, 2.45) is 5.14 Å². The lowest BCUT2D eigenvalue weighted by Crippen LogP contribution is -2.38. The Morgan fingerprint density at radius 2 is 1.87 bits per heavy atom. The summed E-state index contributed by atoms with van der Waals surface area (Å²) in [6.45, 7) is 9.14. The van der Waals surface area contributed by atoms with Gasteiger partial charge in [0.25, 0.3) is 10.2 Å². The third-order valence-electron chi connectivity index (χ3n) is 2.37. The summed E-state index contributed by atoms with van der Waals surface area (Å²) in [6, 6.07) is -0.0874. The van der Waals surface area contributed by atoms with Gasteiger partial charge in [0.15, 0.2) is 0 Å². The van der Waals surface area contributed by atoms with Crippen LogP contribution < -0.4 is 9.86 Å². The first kappa shape index (κ1) is 14.8. The number of hydrogen-bond donors (Lipinski definition) is 2. The van der Waals surface area contributed by atoms with E-state index >= 15 is 0 Å². The topological polar surface area (TPSA) is 75.4 Å². The van der Waals surface area contributed by atoms with Crippen molar-refractivity contribution >= 4 is 10.2 Å². The van der Waals surface area contributed by atoms with E-state index in [9.17, 15) is 8.42 Å². The summed E-state index contributed by atoms with van der Waals surface area (Å²) in [6.07, 6.45) is 1.79. The molecule has 1 unspecified atom stereocenters. The van der Waals surface area contributed by atoms with E-state index in [0.29, 0.717) is 0 Å². The van der Waals surface area contributed by atoms with Crippen molar-refractivity contribution in [2.75, 3.05) is 19.6 Å². The minimum absolute atomic E-state index is 0.0874. The Bertz CT molecular complexity index is 250. The predicted octanol–water partition coefficient (Wildman–Crippen LogP) is 0.290. The van der Waals surface area contributed by atoms with Crippen LogP contribution in [0.15, 0.2) is 0 Å². The molecule has 0 fully saturated rings. The molecule has 0 rings (SSSR count). The second kappa shape index (κ2) is 7.16. The van der Waals surface area contributed by atoms with Gasteiger partial charge in [-0.3, -0.25) is 0 Å². The minimum Gasteiger partial charge on any atom is -0.304 e. The van der Waals surface area contributed by atoms with Crippen LogP contribution in [0.4, 0.5) is 0 Å². The van der Waals surface area contributed by atoms with Gasteiger partial charge in [0.1, 0.15) is 0 Å². The lowest BCUT2D eigenvalue weighted by molar-refractivity contribution is 0.293. The molecule has 5 nitrogen and oxygen atoms in total. The molecule has 0 amide bonds. The molecule has 0 saturated carbocycles. The van der Waals surface area contributed by atoms with Gasteiger partial charge in [-0.05, 0) is 39.4 Å². The molecule has 0 aromatic carbocycles. The Morgan fingerprint density at radius 1 is 1.33 bits per heavy atom. The average molecular weight is 237 g/mol. The first-order valence-electron chi connectivity index (χ1n) is 5.41. The highest BCUT2D eigenvalue weighted by Gasteiger charge is 2.08. The second-order valence-corrected chi connectivity index (χ2v) is 5.06. The molecular formula is C9H23N3O2S. The maximum atomic E-state index is 10.7. The van der Waals surface area contributed by atoms with Crippen LogP contribution in [0.1, 0.15) is 33.6 Å². The monoisotopic (exact) mass is 237 g/mol. The molecule has 0 aromatic rings. The molecule has 15 heavy (non-hydrogen) atoms. The summed E-state index contributed by atoms with van der Waals surface area (Å²) in [5.41, 5.74) is 0. The summed E-state index contributed by atoms with van der Waals surface area (Å²) in [5.74, 6) is 0. The van der Waals surface area contributed by atoms with Crippen LogP contribution in [-0.2, 0) is 10.2 Å². The first-order chi connectivity index (χ1) is 6.89. The van der Waals surface area contributed by atoms with Crippen LogP contribution in [0, 0.1) is 0 Å². The zero-order chi connectivity index (χ0) is 11.9. The summed E-state index contributed by atoms with van der Waals surface area (Å²) in [4.78, 5) is 2.31. The van der Waals surface area contributed by atoms with Crippen LogP contribution in [-0.4, -0.2) is 39.0 Å². The summed E-state index contributed by atoms with van der Waals surface area (Å²) < 4.78 is 23.8. The van der Waals surface area contributed by atoms with Crippen molar-refractivity contribution in [3.63, 3.8) is 0 Å². The quantitative estimate of drug-likeness (QED) is 0.637. The van der Waals surface area contributed by atoms with Gasteiger partial charge < -0.3 is 4.90 Å². The van der Waals surface area contributed by atoms with Crippen LogP contribution >= 0.6 is 0 Å². The number of nitrogens with one attached hydrogen (secondary N) is 1. The Morgan fingerprint density at radius 3 is 2.27 bits per heavy atom. The Hall–Kier alpha value is -0.170. The van der Waals surface area contributed by atoms with Crippen molar-refractivity contribution in [2.45, 2.75) is 39.7 Å². The molecule has 0 aliphatic rings. The van der Waals surface area contributed by atoms with Gasteiger partial charge in [-0.15, -0.1) is 0 Å². The lowest BCUT2D eigenvalue weighted by Gasteiger charge is -2.19. The van der Waals surface area contributed by atoms with Crippen molar-refractivity contribution in [3.05, 3.63) is 0 Å². The van der Waals surface area contributed by atoms with Gasteiger partial charge in [0, 0.05) is 6.04 Å². The maximum absolute atomic E-state index is 10.7. The highest BCUT2D eigenvalue weighted by Crippen LogP contribution is 1.99. The number of nitrogens with two attached hydrogens (primary N) is 1. The van der Waals surface area contributed by atoms with E-state index in [0.717, 1.165) is 32.5 Å². The molecule has 0 heterocycles. The van der Waals surface area contributed by atoms with Crippen molar-refractivity contribution in [1.29, 1.82) is 0 Å². The molecule has 0 aliphatic carbocycles. The largest absolute Gasteiger partial charge is 0.304 e. The first-order valence-corrected chi connectivity index (χ1v) is 6.96. The van der Waals surface area contributed by atoms with Gasteiger partial charge in [-0.1, -0.05) is 13.8 Å². The normalized spacial score (nSPS) is 14.5. The molecule has 0 aromatic heterocycles. The van der Waals surface area contributed by atoms with E-state index in [-0.39, 0.29) is 6.04 Å². The summed E-state index contributed by atoms with van der Waals surface area (Å²) in [7, 11) is -3.55. The Kier molecular flexibility index (Phi) is 7.08. The predicted molar refractivity (Wildman–Crippen MR) is 62.7 cm³/mol. The third kappa shape index (κ3) is 8.80. The number of nitrogens with zero attached hydrogens (tertiary/aromatic N) is 1. The van der Waals surface area contributed by atoms with Gasteiger partial charge >= 0.3 is 0 Å². The molecule has 0 spiro atoms. The van der Waals surface area contributed by atoms with Crippen LogP contribution in [0.5, 0.6) is 0 Å². The summed E-state index contributed by atoms with van der Waals surface area (Å²) >= 11 is 0. The fraction of sp³-hybridized carbons (Fsp3) is 1.00. The Labute approximate surface area is 93.2 Å². The lowest BCUT2D eigenvalue weighted by atomic mass is 10.2. The molecule has 0 radical (unpaired) electrons. The highest BCUT2D eigenvalue weighted by atomic mass is 32.2. The Balaban J connectivity index is 3.68. The van der Waals surface area contributed by atoms with E-state index in [1.807, 2.05) is 6.92 Å². The van der Waals surface area contributed by atoms with Gasteiger partial charge in [-0.2, -0.15) is 13.1 Å². The fourth-order valence-electron chi connectivity index (χ4n) is 1.50. The van der Waals surface area contributed by atoms with Gasteiger partial charge in [-0.25, -0.2) is 5.14 Å². The smallest absolute Gasteiger partial charge is 0.274 e. The minimum atomic E-state index is -3.55. The fourth-order valence-corrected chi connectivity index (χ4v) is 2.18. The van der Waals surface area contributed by atoms with E-state index in [4.69, 9.17) is 5.14 Å². The highest BCUT2D eigenvalue weighted by molar-refractivity contribution is 7.87. The van der Waals surface area contributed by atoms with Crippen molar-refractivity contribution in [3.8, 4) is 0 Å². The molecular weight excluding hydrogens is 214 g/mol. The maximum Gasteiger partial charge on any atom is 0.274 e. The molecule has 1 atom stereocenters. The van der Waals surface area contributed by atoms with Crippen LogP contribution in [0.25, 0.3) is 0 Å². The summed E-state index contributed by atoms with van der Waals surface area (Å²) in [5, 5.41) is 4.87. The van der Waals surface area contributed by atoms with E-state index < -0.39 is 10.2 Å². The van der Waals surface area contributed by atoms with Crippen LogP contribution in [0.3, 0.4) is 0 Å². The van der Waals surface area contributed by atoms with Gasteiger partial charge in [0.2, 0.25) is 0 Å². The van der Waals surface area contributed by atoms with E-state index in [1.165, 1.54) is 0 Å². The van der Waals surface area contributed by atoms with Crippen molar-refractivity contribution < 1.29 is 8.42 Å². The SMILES string of the molecule is CCN(CC)CCCC(C)NS(N)(=O)=O. The zero-order valence-corrected chi connectivity index (χ0v) is 10.7. The molecule has 0 bridgehead atoms. The molecule has 0 saturated heterocycles. The standard InChI is InChI=1S/C9H23N3O2S/c1-4-12(5-2)8-6-7-9(3)11-15(10,13)14/h9,11H,4-8H2,1-3H3,(H2,10,13,14).